The number of carbonyl (C=O) groups is 2. The molecule has 2 aliphatic heterocycles. The maximum absolute atomic E-state index is 12.6. The van der Waals surface area contributed by atoms with Crippen molar-refractivity contribution in [3.63, 3.8) is 0 Å². The summed E-state index contributed by atoms with van der Waals surface area (Å²) in [6.45, 7) is 3.04. The van der Waals surface area contributed by atoms with E-state index in [9.17, 15) is 9.59 Å². The van der Waals surface area contributed by atoms with Gasteiger partial charge in [-0.3, -0.25) is 9.59 Å². The molecule has 2 aliphatic rings. The Bertz CT molecular complexity index is 865. The van der Waals surface area contributed by atoms with Gasteiger partial charge in [0.25, 0.3) is 0 Å². The number of ether oxygens (including phenoxy) is 3. The smallest absolute Gasteiger partial charge is 0.231 e. The summed E-state index contributed by atoms with van der Waals surface area (Å²) in [6.07, 6.45) is 0.184. The van der Waals surface area contributed by atoms with Crippen molar-refractivity contribution in [1.29, 1.82) is 0 Å². The second-order valence-electron chi connectivity index (χ2n) is 6.39. The lowest BCUT2D eigenvalue weighted by Crippen LogP contribution is -2.28. The SMILES string of the molecule is CCOc1ccc(N2C[C@H](C(=O)Nc3ccc4c(c3)OCO4)CC2=O)cc1. The molecule has 4 rings (SSSR count). The van der Waals surface area contributed by atoms with E-state index in [0.717, 1.165) is 11.4 Å². The fourth-order valence-corrected chi connectivity index (χ4v) is 3.24. The van der Waals surface area contributed by atoms with E-state index in [4.69, 9.17) is 14.2 Å². The number of benzene rings is 2. The molecule has 0 unspecified atom stereocenters. The molecule has 2 aromatic carbocycles. The highest BCUT2D eigenvalue weighted by molar-refractivity contribution is 6.03. The second-order valence-corrected chi connectivity index (χ2v) is 6.39. The van der Waals surface area contributed by atoms with E-state index in [-0.39, 0.29) is 25.0 Å². The standard InChI is InChI=1S/C20H20N2O5/c1-2-25-16-6-4-15(5-7-16)22-11-13(9-19(22)23)20(24)21-14-3-8-17-18(10-14)27-12-26-17/h3-8,10,13H,2,9,11-12H2,1H3,(H,21,24)/t13-/m1/s1. The van der Waals surface area contributed by atoms with Crippen molar-refractivity contribution in [2.45, 2.75) is 13.3 Å². The van der Waals surface area contributed by atoms with Crippen LogP contribution in [0.2, 0.25) is 0 Å². The van der Waals surface area contributed by atoms with Crippen LogP contribution in [0.5, 0.6) is 17.2 Å². The normalized spacial score (nSPS) is 17.9. The molecule has 2 heterocycles. The highest BCUT2D eigenvalue weighted by atomic mass is 16.7. The van der Waals surface area contributed by atoms with Crippen molar-refractivity contribution >= 4 is 23.2 Å². The number of fused-ring (bicyclic) bond motifs is 1. The third-order valence-electron chi connectivity index (χ3n) is 4.60. The molecule has 1 atom stereocenters. The zero-order chi connectivity index (χ0) is 18.8. The first-order chi connectivity index (χ1) is 13.1. The van der Waals surface area contributed by atoms with E-state index in [1.807, 2.05) is 31.2 Å². The van der Waals surface area contributed by atoms with E-state index in [1.165, 1.54) is 0 Å². The molecule has 27 heavy (non-hydrogen) atoms. The quantitative estimate of drug-likeness (QED) is 0.878. The van der Waals surface area contributed by atoms with Gasteiger partial charge < -0.3 is 24.4 Å². The number of carbonyl (C=O) groups excluding carboxylic acids is 2. The first-order valence-corrected chi connectivity index (χ1v) is 8.88. The highest BCUT2D eigenvalue weighted by Crippen LogP contribution is 2.34. The van der Waals surface area contributed by atoms with Crippen LogP contribution >= 0.6 is 0 Å². The number of rotatable bonds is 5. The van der Waals surface area contributed by atoms with Crippen LogP contribution < -0.4 is 24.4 Å². The fourth-order valence-electron chi connectivity index (χ4n) is 3.24. The van der Waals surface area contributed by atoms with Crippen LogP contribution in [0.25, 0.3) is 0 Å². The molecule has 0 radical (unpaired) electrons. The average molecular weight is 368 g/mol. The molecule has 0 bridgehead atoms. The molecule has 0 saturated carbocycles. The Hall–Kier alpha value is -3.22. The van der Waals surface area contributed by atoms with Crippen LogP contribution in [-0.4, -0.2) is 31.8 Å². The summed E-state index contributed by atoms with van der Waals surface area (Å²) < 4.78 is 16.0. The second kappa shape index (κ2) is 7.19. The summed E-state index contributed by atoms with van der Waals surface area (Å²) in [4.78, 5) is 26.6. The Morgan fingerprint density at radius 1 is 1.19 bits per heavy atom. The Balaban J connectivity index is 1.41. The Morgan fingerprint density at radius 3 is 2.74 bits per heavy atom. The van der Waals surface area contributed by atoms with Gasteiger partial charge in [0, 0.05) is 30.4 Å². The molecule has 2 aromatic rings. The van der Waals surface area contributed by atoms with Crippen molar-refractivity contribution in [1.82, 2.24) is 0 Å². The van der Waals surface area contributed by atoms with Crippen LogP contribution in [0, 0.1) is 5.92 Å². The maximum atomic E-state index is 12.6. The largest absolute Gasteiger partial charge is 0.494 e. The van der Waals surface area contributed by atoms with E-state index >= 15 is 0 Å². The van der Waals surface area contributed by atoms with Crippen LogP contribution in [0.3, 0.4) is 0 Å². The first-order valence-electron chi connectivity index (χ1n) is 8.88. The summed E-state index contributed by atoms with van der Waals surface area (Å²) >= 11 is 0. The molecule has 7 nitrogen and oxygen atoms in total. The lowest BCUT2D eigenvalue weighted by molar-refractivity contribution is -0.122. The summed E-state index contributed by atoms with van der Waals surface area (Å²) in [5.41, 5.74) is 1.39. The minimum atomic E-state index is -0.408. The molecule has 140 valence electrons. The number of nitrogens with zero attached hydrogens (tertiary/aromatic N) is 1. The van der Waals surface area contributed by atoms with Gasteiger partial charge in [-0.1, -0.05) is 0 Å². The number of hydrogen-bond donors (Lipinski definition) is 1. The minimum Gasteiger partial charge on any atom is -0.494 e. The van der Waals surface area contributed by atoms with E-state index in [0.29, 0.717) is 30.3 Å². The lowest BCUT2D eigenvalue weighted by atomic mass is 10.1. The van der Waals surface area contributed by atoms with Crippen molar-refractivity contribution in [2.24, 2.45) is 5.92 Å². The van der Waals surface area contributed by atoms with Gasteiger partial charge in [-0.05, 0) is 43.3 Å². The zero-order valence-corrected chi connectivity index (χ0v) is 14.9. The van der Waals surface area contributed by atoms with Gasteiger partial charge in [-0.2, -0.15) is 0 Å². The first kappa shape index (κ1) is 17.2. The van der Waals surface area contributed by atoms with Crippen LogP contribution in [-0.2, 0) is 9.59 Å². The summed E-state index contributed by atoms with van der Waals surface area (Å²) in [5, 5.41) is 2.86. The Morgan fingerprint density at radius 2 is 1.96 bits per heavy atom. The van der Waals surface area contributed by atoms with E-state index in [1.54, 1.807) is 23.1 Å². The number of hydrogen-bond acceptors (Lipinski definition) is 5. The van der Waals surface area contributed by atoms with Crippen molar-refractivity contribution in [3.05, 3.63) is 42.5 Å². The van der Waals surface area contributed by atoms with Gasteiger partial charge >= 0.3 is 0 Å². The van der Waals surface area contributed by atoms with Gasteiger partial charge in [-0.15, -0.1) is 0 Å². The molecule has 0 aromatic heterocycles. The summed E-state index contributed by atoms with van der Waals surface area (Å²) in [5.74, 6) is 1.36. The van der Waals surface area contributed by atoms with Crippen LogP contribution in [0.4, 0.5) is 11.4 Å². The summed E-state index contributed by atoms with van der Waals surface area (Å²) in [7, 11) is 0. The van der Waals surface area contributed by atoms with Gasteiger partial charge in [0.2, 0.25) is 18.6 Å². The zero-order valence-electron chi connectivity index (χ0n) is 14.9. The van der Waals surface area contributed by atoms with Gasteiger partial charge in [0.05, 0.1) is 12.5 Å². The average Bonchev–Trinajstić information content (AvgIpc) is 3.29. The summed E-state index contributed by atoms with van der Waals surface area (Å²) in [6, 6.07) is 12.6. The molecular formula is C20H20N2O5. The van der Waals surface area contributed by atoms with Crippen LogP contribution in [0.1, 0.15) is 13.3 Å². The Labute approximate surface area is 156 Å². The minimum absolute atomic E-state index is 0.0648. The molecular weight excluding hydrogens is 348 g/mol. The number of nitrogens with one attached hydrogen (secondary N) is 1. The molecule has 0 spiro atoms. The van der Waals surface area contributed by atoms with Crippen molar-refractivity contribution < 1.29 is 23.8 Å². The fraction of sp³-hybridized carbons (Fsp3) is 0.300. The third kappa shape index (κ3) is 3.53. The predicted octanol–water partition coefficient (Wildman–Crippen LogP) is 2.81. The molecule has 1 fully saturated rings. The Kier molecular flexibility index (Phi) is 4.58. The van der Waals surface area contributed by atoms with Gasteiger partial charge in [-0.25, -0.2) is 0 Å². The van der Waals surface area contributed by atoms with Crippen molar-refractivity contribution in [2.75, 3.05) is 30.2 Å². The number of amides is 2. The molecule has 0 aliphatic carbocycles. The van der Waals surface area contributed by atoms with Gasteiger partial charge in [0.15, 0.2) is 11.5 Å². The number of anilines is 2. The van der Waals surface area contributed by atoms with E-state index in [2.05, 4.69) is 5.32 Å². The van der Waals surface area contributed by atoms with Crippen LogP contribution in [0.15, 0.2) is 42.5 Å². The lowest BCUT2D eigenvalue weighted by Gasteiger charge is -2.17. The maximum Gasteiger partial charge on any atom is 0.231 e. The molecule has 1 N–H and O–H groups in total. The third-order valence-corrected chi connectivity index (χ3v) is 4.60. The highest BCUT2D eigenvalue weighted by Gasteiger charge is 2.35. The van der Waals surface area contributed by atoms with Gasteiger partial charge in [0.1, 0.15) is 5.75 Å². The molecule has 7 heteroatoms. The van der Waals surface area contributed by atoms with Crippen molar-refractivity contribution in [3.8, 4) is 17.2 Å². The molecule has 1 saturated heterocycles. The predicted molar refractivity (Wildman–Crippen MR) is 99.3 cm³/mol. The topological polar surface area (TPSA) is 77.1 Å². The monoisotopic (exact) mass is 368 g/mol. The van der Waals surface area contributed by atoms with E-state index < -0.39 is 5.92 Å². The molecule has 2 amide bonds.